The lowest BCUT2D eigenvalue weighted by atomic mass is 9.94. The van der Waals surface area contributed by atoms with Gasteiger partial charge in [-0.25, -0.2) is 18.8 Å². The van der Waals surface area contributed by atoms with Crippen molar-refractivity contribution in [3.05, 3.63) is 71.7 Å². The number of methoxy groups -OCH3 is 2. The average Bonchev–Trinajstić information content (AvgIpc) is 3.08. The van der Waals surface area contributed by atoms with Crippen molar-refractivity contribution < 1.29 is 17.9 Å². The third-order valence-electron chi connectivity index (χ3n) is 5.69. The molecule has 0 aliphatic carbocycles. The third kappa shape index (κ3) is 4.52. The van der Waals surface area contributed by atoms with E-state index in [1.807, 2.05) is 55.4 Å². The van der Waals surface area contributed by atoms with Gasteiger partial charge in [0.25, 0.3) is 0 Å². The molecule has 174 valence electrons. The maximum atomic E-state index is 12.0. The van der Waals surface area contributed by atoms with E-state index in [1.165, 1.54) is 6.26 Å². The largest absolute Gasteiger partial charge is 0.493 e. The van der Waals surface area contributed by atoms with Gasteiger partial charge in [-0.1, -0.05) is 18.2 Å². The number of aliphatic imine (C=N–C) groups is 1. The van der Waals surface area contributed by atoms with Crippen LogP contribution in [0, 0.1) is 0 Å². The number of rotatable bonds is 7. The molecule has 2 aliphatic rings. The minimum atomic E-state index is -3.28. The highest BCUT2D eigenvalue weighted by Crippen LogP contribution is 2.40. The number of hydrazine groups is 1. The number of benzene rings is 2. The molecule has 8 nitrogen and oxygen atoms in total. The van der Waals surface area contributed by atoms with E-state index in [1.54, 1.807) is 32.4 Å². The van der Waals surface area contributed by atoms with Gasteiger partial charge in [0, 0.05) is 30.3 Å². The summed E-state index contributed by atoms with van der Waals surface area (Å²) < 4.78 is 34.9. The zero-order chi connectivity index (χ0) is 23.8. The SMILES string of the molecule is COc1ccc(C2=C3N=C(C)C=CN3NC2(C)NCc2cccc(S(C)(=O)=O)c2)cc1OC. The van der Waals surface area contributed by atoms with Crippen LogP contribution < -0.4 is 20.2 Å². The minimum absolute atomic E-state index is 0.297. The highest BCUT2D eigenvalue weighted by Gasteiger charge is 2.42. The Labute approximate surface area is 194 Å². The second kappa shape index (κ2) is 8.66. The number of fused-ring (bicyclic) bond motifs is 1. The zero-order valence-electron chi connectivity index (χ0n) is 19.3. The molecule has 1 unspecified atom stereocenters. The van der Waals surface area contributed by atoms with E-state index in [0.29, 0.717) is 22.9 Å². The molecule has 0 spiro atoms. The maximum absolute atomic E-state index is 12.0. The van der Waals surface area contributed by atoms with Crippen molar-refractivity contribution in [1.29, 1.82) is 0 Å². The van der Waals surface area contributed by atoms with Crippen LogP contribution in [0.4, 0.5) is 0 Å². The standard InChI is InChI=1S/C24H28N4O4S/c1-16-11-12-28-23(26-16)22(18-9-10-20(31-3)21(14-18)32-4)24(2,27-28)25-15-17-7-6-8-19(13-17)33(5,29)30/h6-14,25,27H,15H2,1-5H3. The van der Waals surface area contributed by atoms with Crippen LogP contribution >= 0.6 is 0 Å². The van der Waals surface area contributed by atoms with Crippen molar-refractivity contribution in [2.24, 2.45) is 4.99 Å². The van der Waals surface area contributed by atoms with Gasteiger partial charge in [0.15, 0.2) is 27.2 Å². The minimum Gasteiger partial charge on any atom is -0.493 e. The van der Waals surface area contributed by atoms with E-state index in [-0.39, 0.29) is 0 Å². The van der Waals surface area contributed by atoms with Crippen LogP contribution in [0.5, 0.6) is 11.5 Å². The number of ether oxygens (including phenoxy) is 2. The van der Waals surface area contributed by atoms with E-state index < -0.39 is 15.5 Å². The van der Waals surface area contributed by atoms with Crippen molar-refractivity contribution >= 4 is 21.1 Å². The van der Waals surface area contributed by atoms with Gasteiger partial charge >= 0.3 is 0 Å². The molecule has 0 amide bonds. The summed E-state index contributed by atoms with van der Waals surface area (Å²) in [6.45, 7) is 4.42. The first-order chi connectivity index (χ1) is 15.6. The van der Waals surface area contributed by atoms with Gasteiger partial charge in [-0.15, -0.1) is 0 Å². The zero-order valence-corrected chi connectivity index (χ0v) is 20.2. The van der Waals surface area contributed by atoms with Crippen molar-refractivity contribution in [3.8, 4) is 11.5 Å². The van der Waals surface area contributed by atoms with E-state index in [0.717, 1.165) is 28.2 Å². The van der Waals surface area contributed by atoms with E-state index in [9.17, 15) is 8.42 Å². The summed E-state index contributed by atoms with van der Waals surface area (Å²) in [5.41, 5.74) is 6.39. The number of allylic oxidation sites excluding steroid dienone is 1. The Balaban J connectivity index is 1.74. The lowest BCUT2D eigenvalue weighted by Gasteiger charge is -2.31. The first kappa shape index (κ1) is 23.0. The van der Waals surface area contributed by atoms with E-state index in [2.05, 4.69) is 10.7 Å². The first-order valence-corrected chi connectivity index (χ1v) is 12.4. The summed E-state index contributed by atoms with van der Waals surface area (Å²) in [6, 6.07) is 12.7. The summed E-state index contributed by atoms with van der Waals surface area (Å²) in [7, 11) is -0.0700. The molecule has 2 aromatic carbocycles. The fourth-order valence-electron chi connectivity index (χ4n) is 4.00. The van der Waals surface area contributed by atoms with Crippen LogP contribution in [-0.2, 0) is 16.4 Å². The quantitative estimate of drug-likeness (QED) is 0.645. The van der Waals surface area contributed by atoms with E-state index in [4.69, 9.17) is 14.5 Å². The van der Waals surface area contributed by atoms with Crippen molar-refractivity contribution in [1.82, 2.24) is 15.8 Å². The highest BCUT2D eigenvalue weighted by molar-refractivity contribution is 7.90. The molecule has 4 rings (SSSR count). The molecule has 0 saturated carbocycles. The third-order valence-corrected chi connectivity index (χ3v) is 6.80. The Morgan fingerprint density at radius 2 is 1.88 bits per heavy atom. The number of hydrogen-bond donors (Lipinski definition) is 2. The molecule has 0 fully saturated rings. The maximum Gasteiger partial charge on any atom is 0.175 e. The Hall–Kier alpha value is -3.14. The molecule has 2 heterocycles. The van der Waals surface area contributed by atoms with Gasteiger partial charge in [0.2, 0.25) is 0 Å². The molecule has 9 heteroatoms. The van der Waals surface area contributed by atoms with Crippen LogP contribution in [0.2, 0.25) is 0 Å². The molecule has 33 heavy (non-hydrogen) atoms. The van der Waals surface area contributed by atoms with Crippen LogP contribution in [0.1, 0.15) is 25.0 Å². The lowest BCUT2D eigenvalue weighted by molar-refractivity contribution is 0.244. The Bertz CT molecular complexity index is 1280. The predicted molar refractivity (Wildman–Crippen MR) is 128 cm³/mol. The summed E-state index contributed by atoms with van der Waals surface area (Å²) in [5.74, 6) is 2.05. The van der Waals surface area contributed by atoms with Gasteiger partial charge < -0.3 is 9.47 Å². The van der Waals surface area contributed by atoms with Crippen LogP contribution in [0.25, 0.3) is 5.57 Å². The number of hydrogen-bond acceptors (Lipinski definition) is 8. The van der Waals surface area contributed by atoms with Crippen LogP contribution in [-0.4, -0.2) is 45.3 Å². The fourth-order valence-corrected chi connectivity index (χ4v) is 4.69. The highest BCUT2D eigenvalue weighted by atomic mass is 32.2. The molecule has 0 radical (unpaired) electrons. The fraction of sp³-hybridized carbons (Fsp3) is 0.292. The normalized spacial score (nSPS) is 20.0. The smallest absolute Gasteiger partial charge is 0.175 e. The molecule has 2 N–H and O–H groups in total. The topological polar surface area (TPSA) is 92.3 Å². The van der Waals surface area contributed by atoms with Crippen molar-refractivity contribution in [2.45, 2.75) is 31.0 Å². The van der Waals surface area contributed by atoms with Gasteiger partial charge in [-0.3, -0.25) is 10.3 Å². The van der Waals surface area contributed by atoms with Gasteiger partial charge in [-0.2, -0.15) is 0 Å². The average molecular weight is 469 g/mol. The van der Waals surface area contributed by atoms with Gasteiger partial charge in [0.05, 0.1) is 19.1 Å². The molecule has 0 aromatic heterocycles. The molecule has 2 aliphatic heterocycles. The van der Waals surface area contributed by atoms with Crippen molar-refractivity contribution in [2.75, 3.05) is 20.5 Å². The predicted octanol–water partition coefficient (Wildman–Crippen LogP) is 3.09. The molecule has 0 saturated heterocycles. The van der Waals surface area contributed by atoms with Gasteiger partial charge in [0.1, 0.15) is 5.66 Å². The molecule has 0 bridgehead atoms. The number of nitrogens with zero attached hydrogens (tertiary/aromatic N) is 2. The van der Waals surface area contributed by atoms with Crippen LogP contribution in [0.3, 0.4) is 0 Å². The summed E-state index contributed by atoms with van der Waals surface area (Å²) in [5, 5.41) is 5.45. The van der Waals surface area contributed by atoms with E-state index >= 15 is 0 Å². The monoisotopic (exact) mass is 468 g/mol. The Morgan fingerprint density at radius 1 is 1.12 bits per heavy atom. The molecular formula is C24H28N4O4S. The Kier molecular flexibility index (Phi) is 6.04. The summed E-state index contributed by atoms with van der Waals surface area (Å²) in [6.07, 6.45) is 5.09. The lowest BCUT2D eigenvalue weighted by Crippen LogP contribution is -2.54. The van der Waals surface area contributed by atoms with Gasteiger partial charge in [-0.05, 0) is 55.3 Å². The second-order valence-corrected chi connectivity index (χ2v) is 10.2. The summed E-state index contributed by atoms with van der Waals surface area (Å²) >= 11 is 0. The van der Waals surface area contributed by atoms with Crippen LogP contribution in [0.15, 0.2) is 70.4 Å². The summed E-state index contributed by atoms with van der Waals surface area (Å²) in [4.78, 5) is 5.08. The molecule has 1 atom stereocenters. The Morgan fingerprint density at radius 3 is 2.58 bits per heavy atom. The number of sulfone groups is 1. The first-order valence-electron chi connectivity index (χ1n) is 10.5. The van der Waals surface area contributed by atoms with Crippen molar-refractivity contribution in [3.63, 3.8) is 0 Å². The second-order valence-electron chi connectivity index (χ2n) is 8.22. The molecule has 2 aromatic rings. The number of nitrogens with one attached hydrogen (secondary N) is 2. The molecular weight excluding hydrogens is 440 g/mol.